The van der Waals surface area contributed by atoms with Crippen molar-refractivity contribution in [2.24, 2.45) is 5.92 Å². The number of hydrogen-bond acceptors (Lipinski definition) is 5. The first kappa shape index (κ1) is 23.0. The number of aliphatic hydroxyl groups excluding tert-OH is 1. The third-order valence-corrected chi connectivity index (χ3v) is 7.62. The standard InChI is InChI=1S/C24H29F2N3O2S/c25-20-13-17(14-21(26)15-20)1-2-23(31)29-10-3-18(4-11-29)22(16-30)28-8-5-19(6-9-28)24-27-7-12-32-24/h1-2,7,12-15,18-19,22,30H,3-6,8-11,16H2. The van der Waals surface area contributed by atoms with Gasteiger partial charge in [0.05, 0.1) is 11.6 Å². The Labute approximate surface area is 191 Å². The number of thiazole rings is 1. The van der Waals surface area contributed by atoms with Gasteiger partial charge in [-0.1, -0.05) is 0 Å². The van der Waals surface area contributed by atoms with E-state index in [1.165, 1.54) is 29.3 Å². The molecular weight excluding hydrogens is 432 g/mol. The SMILES string of the molecule is O=C(C=Cc1cc(F)cc(F)c1)N1CCC(C(CO)N2CCC(c3nccs3)CC2)CC1. The van der Waals surface area contributed by atoms with E-state index in [4.69, 9.17) is 0 Å². The van der Waals surface area contributed by atoms with Crippen LogP contribution in [0.25, 0.3) is 6.08 Å². The molecule has 0 bridgehead atoms. The molecule has 2 saturated heterocycles. The van der Waals surface area contributed by atoms with E-state index >= 15 is 0 Å². The molecule has 1 aromatic heterocycles. The van der Waals surface area contributed by atoms with Gasteiger partial charge in [0, 0.05) is 48.8 Å². The average Bonchev–Trinajstić information content (AvgIpc) is 3.33. The molecule has 0 aliphatic carbocycles. The van der Waals surface area contributed by atoms with Crippen molar-refractivity contribution in [3.63, 3.8) is 0 Å². The number of nitrogens with zero attached hydrogens (tertiary/aromatic N) is 3. The zero-order valence-electron chi connectivity index (χ0n) is 18.0. The van der Waals surface area contributed by atoms with Gasteiger partial charge < -0.3 is 10.0 Å². The van der Waals surface area contributed by atoms with E-state index in [0.717, 1.165) is 44.8 Å². The summed E-state index contributed by atoms with van der Waals surface area (Å²) in [5.41, 5.74) is 0.326. The Balaban J connectivity index is 1.27. The van der Waals surface area contributed by atoms with Crippen molar-refractivity contribution in [1.82, 2.24) is 14.8 Å². The topological polar surface area (TPSA) is 56.7 Å². The van der Waals surface area contributed by atoms with Crippen LogP contribution >= 0.6 is 11.3 Å². The molecule has 1 amide bonds. The highest BCUT2D eigenvalue weighted by atomic mass is 32.1. The van der Waals surface area contributed by atoms with Gasteiger partial charge in [-0.25, -0.2) is 13.8 Å². The molecule has 4 rings (SSSR count). The maximum Gasteiger partial charge on any atom is 0.246 e. The lowest BCUT2D eigenvalue weighted by Crippen LogP contribution is -2.50. The molecule has 32 heavy (non-hydrogen) atoms. The van der Waals surface area contributed by atoms with Crippen LogP contribution in [0, 0.1) is 17.6 Å². The van der Waals surface area contributed by atoms with Crippen molar-refractivity contribution in [2.45, 2.75) is 37.6 Å². The van der Waals surface area contributed by atoms with Crippen molar-refractivity contribution in [2.75, 3.05) is 32.8 Å². The lowest BCUT2D eigenvalue weighted by atomic mass is 9.86. The van der Waals surface area contributed by atoms with Gasteiger partial charge in [0.25, 0.3) is 0 Å². The summed E-state index contributed by atoms with van der Waals surface area (Å²) in [7, 11) is 0. The predicted molar refractivity (Wildman–Crippen MR) is 121 cm³/mol. The minimum absolute atomic E-state index is 0.121. The highest BCUT2D eigenvalue weighted by Crippen LogP contribution is 2.32. The molecule has 2 fully saturated rings. The van der Waals surface area contributed by atoms with Crippen molar-refractivity contribution in [3.8, 4) is 0 Å². The van der Waals surface area contributed by atoms with Crippen molar-refractivity contribution in [1.29, 1.82) is 0 Å². The molecule has 1 atom stereocenters. The number of piperidine rings is 2. The van der Waals surface area contributed by atoms with E-state index in [9.17, 15) is 18.7 Å². The van der Waals surface area contributed by atoms with E-state index in [2.05, 4.69) is 9.88 Å². The second-order valence-corrected chi connectivity index (χ2v) is 9.56. The second kappa shape index (κ2) is 10.6. The molecule has 0 spiro atoms. The van der Waals surface area contributed by atoms with Crippen LogP contribution in [0.3, 0.4) is 0 Å². The van der Waals surface area contributed by atoms with E-state index in [0.29, 0.717) is 30.5 Å². The van der Waals surface area contributed by atoms with Crippen LogP contribution in [0.15, 0.2) is 35.9 Å². The van der Waals surface area contributed by atoms with Gasteiger partial charge in [0.2, 0.25) is 5.91 Å². The largest absolute Gasteiger partial charge is 0.395 e. The Kier molecular flexibility index (Phi) is 7.65. The van der Waals surface area contributed by atoms with Gasteiger partial charge in [-0.3, -0.25) is 9.69 Å². The van der Waals surface area contributed by atoms with Crippen molar-refractivity contribution >= 4 is 23.3 Å². The molecule has 1 N–H and O–H groups in total. The number of carbonyl (C=O) groups excluding carboxylic acids is 1. The fourth-order valence-corrected chi connectivity index (χ4v) is 5.74. The van der Waals surface area contributed by atoms with Crippen LogP contribution in [-0.2, 0) is 4.79 Å². The monoisotopic (exact) mass is 461 g/mol. The maximum absolute atomic E-state index is 13.3. The molecule has 0 radical (unpaired) electrons. The normalized spacial score (nSPS) is 20.2. The molecule has 2 aliphatic rings. The first-order valence-corrected chi connectivity index (χ1v) is 12.1. The molecule has 3 heterocycles. The summed E-state index contributed by atoms with van der Waals surface area (Å²) >= 11 is 1.72. The lowest BCUT2D eigenvalue weighted by molar-refractivity contribution is -0.127. The molecule has 5 nitrogen and oxygen atoms in total. The molecule has 1 unspecified atom stereocenters. The van der Waals surface area contributed by atoms with Gasteiger partial charge in [-0.15, -0.1) is 11.3 Å². The number of rotatable bonds is 6. The quantitative estimate of drug-likeness (QED) is 0.663. The fraction of sp³-hybridized carbons (Fsp3) is 0.500. The Morgan fingerprint density at radius 2 is 1.81 bits per heavy atom. The Morgan fingerprint density at radius 3 is 2.41 bits per heavy atom. The molecule has 2 aliphatic heterocycles. The number of likely N-dealkylation sites (tertiary alicyclic amines) is 2. The highest BCUT2D eigenvalue weighted by molar-refractivity contribution is 7.09. The van der Waals surface area contributed by atoms with Crippen LogP contribution in [0.1, 0.15) is 42.2 Å². The van der Waals surface area contributed by atoms with Gasteiger partial charge in [0.15, 0.2) is 0 Å². The highest BCUT2D eigenvalue weighted by Gasteiger charge is 2.33. The molecule has 172 valence electrons. The summed E-state index contributed by atoms with van der Waals surface area (Å²) < 4.78 is 26.6. The number of amides is 1. The summed E-state index contributed by atoms with van der Waals surface area (Å²) in [6, 6.07) is 3.32. The van der Waals surface area contributed by atoms with E-state index < -0.39 is 11.6 Å². The smallest absolute Gasteiger partial charge is 0.246 e. The summed E-state index contributed by atoms with van der Waals surface area (Å²) in [6.07, 6.45) is 8.49. The number of halogens is 2. The lowest BCUT2D eigenvalue weighted by Gasteiger charge is -2.43. The molecule has 2 aromatic rings. The number of aromatic nitrogens is 1. The van der Waals surface area contributed by atoms with Crippen molar-refractivity contribution in [3.05, 3.63) is 58.1 Å². The van der Waals surface area contributed by atoms with Gasteiger partial charge >= 0.3 is 0 Å². The summed E-state index contributed by atoms with van der Waals surface area (Å²) in [6.45, 7) is 3.30. The number of carbonyl (C=O) groups is 1. The Morgan fingerprint density at radius 1 is 1.12 bits per heavy atom. The number of aliphatic hydroxyl groups is 1. The summed E-state index contributed by atoms with van der Waals surface area (Å²) in [5.74, 6) is -0.615. The zero-order chi connectivity index (χ0) is 22.5. The van der Waals surface area contributed by atoms with E-state index in [-0.39, 0.29) is 18.6 Å². The molecule has 8 heteroatoms. The first-order chi connectivity index (χ1) is 15.5. The third kappa shape index (κ3) is 5.60. The van der Waals surface area contributed by atoms with Crippen LogP contribution in [0.4, 0.5) is 8.78 Å². The average molecular weight is 462 g/mol. The molecule has 1 aromatic carbocycles. The number of benzene rings is 1. The first-order valence-electron chi connectivity index (χ1n) is 11.2. The summed E-state index contributed by atoms with van der Waals surface area (Å²) in [4.78, 5) is 21.2. The summed E-state index contributed by atoms with van der Waals surface area (Å²) in [5, 5.41) is 13.3. The zero-order valence-corrected chi connectivity index (χ0v) is 18.8. The van der Waals surface area contributed by atoms with E-state index in [1.807, 2.05) is 11.6 Å². The predicted octanol–water partition coefficient (Wildman–Crippen LogP) is 3.91. The fourth-order valence-electron chi connectivity index (χ4n) is 4.93. The van der Waals surface area contributed by atoms with Crippen molar-refractivity contribution < 1.29 is 18.7 Å². The maximum atomic E-state index is 13.3. The van der Waals surface area contributed by atoms with Crippen LogP contribution in [0.2, 0.25) is 0 Å². The second-order valence-electron chi connectivity index (χ2n) is 8.63. The minimum Gasteiger partial charge on any atom is -0.395 e. The van der Waals surface area contributed by atoms with E-state index in [1.54, 1.807) is 16.2 Å². The van der Waals surface area contributed by atoms with Gasteiger partial charge in [-0.2, -0.15) is 0 Å². The van der Waals surface area contributed by atoms with Crippen LogP contribution in [0.5, 0.6) is 0 Å². The van der Waals surface area contributed by atoms with Crippen LogP contribution < -0.4 is 0 Å². The Hall–Kier alpha value is -2.16. The number of hydrogen-bond donors (Lipinski definition) is 1. The Bertz CT molecular complexity index is 901. The van der Waals surface area contributed by atoms with Crippen LogP contribution in [-0.4, -0.2) is 64.6 Å². The third-order valence-electron chi connectivity index (χ3n) is 6.68. The van der Waals surface area contributed by atoms with Gasteiger partial charge in [-0.05, 0) is 68.5 Å². The van der Waals surface area contributed by atoms with Gasteiger partial charge in [0.1, 0.15) is 11.6 Å². The minimum atomic E-state index is -0.663. The molecular formula is C24H29F2N3O2S. The molecule has 0 saturated carbocycles.